The summed E-state index contributed by atoms with van der Waals surface area (Å²) in [5.41, 5.74) is 1.58. The van der Waals surface area contributed by atoms with Gasteiger partial charge in [-0.25, -0.2) is 0 Å². The fourth-order valence-electron chi connectivity index (χ4n) is 1.28. The molecule has 4 nitrogen and oxygen atoms in total. The van der Waals surface area contributed by atoms with Gasteiger partial charge in [-0.05, 0) is 43.0 Å². The van der Waals surface area contributed by atoms with Gasteiger partial charge >= 0.3 is 51.4 Å². The number of carbonyl (C=O) groups excluding carboxylic acids is 1. The minimum Gasteiger partial charge on any atom is -0.766 e. The van der Waals surface area contributed by atoms with E-state index in [1.807, 2.05) is 0 Å². The molecule has 0 aliphatic rings. The van der Waals surface area contributed by atoms with Crippen LogP contribution in [-0.2, 0) is 4.79 Å². The third kappa shape index (κ3) is 5.13. The Kier molecular flexibility index (Phi) is 9.25. The number of carbonyl (C=O) groups is 1. The standard InChI is InChI=1S/C11H12O4S.K/c1-8(5-6-12)10-4-3-9(15-16-13)7-11(10)14-2;/h3-7,13H,1-2H3;/q;+1/p-1/b8-5-;. The second-order valence-corrected chi connectivity index (χ2v) is 3.30. The summed E-state index contributed by atoms with van der Waals surface area (Å²) < 4.78 is 20.1. The van der Waals surface area contributed by atoms with Crippen molar-refractivity contribution in [3.05, 3.63) is 29.8 Å². The zero-order valence-corrected chi connectivity index (χ0v) is 13.9. The van der Waals surface area contributed by atoms with Crippen LogP contribution in [0, 0.1) is 0 Å². The molecule has 0 bridgehead atoms. The number of allylic oxidation sites excluding steroid dienone is 2. The van der Waals surface area contributed by atoms with E-state index >= 15 is 0 Å². The van der Waals surface area contributed by atoms with Gasteiger partial charge in [-0.3, -0.25) is 4.79 Å². The van der Waals surface area contributed by atoms with E-state index in [0.717, 1.165) is 11.1 Å². The Morgan fingerprint density at radius 2 is 2.18 bits per heavy atom. The summed E-state index contributed by atoms with van der Waals surface area (Å²) in [6.45, 7) is 1.80. The van der Waals surface area contributed by atoms with Gasteiger partial charge in [-0.15, -0.1) is 0 Å². The molecule has 0 saturated heterocycles. The van der Waals surface area contributed by atoms with Crippen LogP contribution in [0.5, 0.6) is 11.5 Å². The Bertz CT molecular complexity index is 406. The molecular weight excluding hydrogens is 267 g/mol. The first-order chi connectivity index (χ1) is 7.72. The molecule has 0 heterocycles. The Labute approximate surface area is 147 Å². The van der Waals surface area contributed by atoms with Gasteiger partial charge in [0.25, 0.3) is 0 Å². The van der Waals surface area contributed by atoms with Gasteiger partial charge in [-0.2, -0.15) is 0 Å². The summed E-state index contributed by atoms with van der Waals surface area (Å²) in [7, 11) is 1.52. The van der Waals surface area contributed by atoms with Gasteiger partial charge in [0.05, 0.1) is 7.11 Å². The van der Waals surface area contributed by atoms with E-state index < -0.39 is 0 Å². The molecule has 0 atom stereocenters. The Morgan fingerprint density at radius 3 is 2.71 bits per heavy atom. The first-order valence-corrected chi connectivity index (χ1v) is 5.16. The summed E-state index contributed by atoms with van der Waals surface area (Å²) in [4.78, 5) is 10.4. The summed E-state index contributed by atoms with van der Waals surface area (Å²) in [6, 6.07) is 4.98. The number of hydrogen-bond donors (Lipinski definition) is 0. The molecule has 0 aliphatic heterocycles. The van der Waals surface area contributed by atoms with Crippen molar-refractivity contribution in [2.75, 3.05) is 7.11 Å². The van der Waals surface area contributed by atoms with Crippen molar-refractivity contribution in [2.45, 2.75) is 6.92 Å². The largest absolute Gasteiger partial charge is 1.00 e. The second kappa shape index (κ2) is 9.15. The molecule has 0 aromatic heterocycles. The molecule has 0 fully saturated rings. The van der Waals surface area contributed by atoms with Crippen LogP contribution in [0.15, 0.2) is 24.3 Å². The molecule has 1 aromatic carbocycles. The van der Waals surface area contributed by atoms with Crippen LogP contribution in [0.3, 0.4) is 0 Å². The predicted molar refractivity (Wildman–Crippen MR) is 61.7 cm³/mol. The SMILES string of the molecule is COc1cc(OS[O-])ccc1/C(C)=C\C=O.[K+]. The Balaban J connectivity index is 0.00000256. The number of ether oxygens (including phenoxy) is 1. The van der Waals surface area contributed by atoms with Gasteiger partial charge in [0.2, 0.25) is 0 Å². The van der Waals surface area contributed by atoms with Crippen LogP contribution in [-0.4, -0.2) is 17.9 Å². The number of rotatable bonds is 5. The summed E-state index contributed by atoms with van der Waals surface area (Å²) in [6.07, 6.45) is 2.16. The normalized spacial score (nSPS) is 10.4. The van der Waals surface area contributed by atoms with E-state index in [9.17, 15) is 9.35 Å². The first kappa shape index (κ1) is 17.2. The Morgan fingerprint density at radius 1 is 1.47 bits per heavy atom. The van der Waals surface area contributed by atoms with Crippen LogP contribution in [0.4, 0.5) is 0 Å². The van der Waals surface area contributed by atoms with Gasteiger partial charge in [0.1, 0.15) is 17.8 Å². The topological polar surface area (TPSA) is 58.6 Å². The third-order valence-electron chi connectivity index (χ3n) is 2.05. The van der Waals surface area contributed by atoms with E-state index in [-0.39, 0.29) is 63.7 Å². The maximum atomic E-state index is 10.4. The van der Waals surface area contributed by atoms with E-state index in [1.54, 1.807) is 25.1 Å². The predicted octanol–water partition coefficient (Wildman–Crippen LogP) is -0.541. The van der Waals surface area contributed by atoms with Gasteiger partial charge in [-0.1, -0.05) is 0 Å². The summed E-state index contributed by atoms with van der Waals surface area (Å²) >= 11 is 0.0221. The molecule has 6 heteroatoms. The van der Waals surface area contributed by atoms with Gasteiger partial charge in [0, 0.05) is 11.6 Å². The van der Waals surface area contributed by atoms with Crippen molar-refractivity contribution in [3.8, 4) is 11.5 Å². The maximum absolute atomic E-state index is 10.4. The van der Waals surface area contributed by atoms with Crippen LogP contribution in [0.1, 0.15) is 12.5 Å². The molecule has 0 aliphatic carbocycles. The average molecular weight is 278 g/mol. The van der Waals surface area contributed by atoms with Crippen molar-refractivity contribution in [1.82, 2.24) is 0 Å². The van der Waals surface area contributed by atoms with E-state index in [0.29, 0.717) is 17.8 Å². The van der Waals surface area contributed by atoms with Crippen LogP contribution in [0.25, 0.3) is 5.57 Å². The molecule has 86 valence electrons. The first-order valence-electron chi connectivity index (χ1n) is 4.50. The molecule has 1 rings (SSSR count). The number of aldehydes is 1. The van der Waals surface area contributed by atoms with Gasteiger partial charge < -0.3 is 13.5 Å². The maximum Gasteiger partial charge on any atom is 1.00 e. The molecule has 0 amide bonds. The molecule has 0 radical (unpaired) electrons. The quantitative estimate of drug-likeness (QED) is 0.313. The molecule has 17 heavy (non-hydrogen) atoms. The smallest absolute Gasteiger partial charge is 0.766 e. The number of benzene rings is 1. The fraction of sp³-hybridized carbons (Fsp3) is 0.182. The van der Waals surface area contributed by atoms with Crippen molar-refractivity contribution >= 4 is 24.2 Å². The zero-order valence-electron chi connectivity index (χ0n) is 9.93. The monoisotopic (exact) mass is 278 g/mol. The van der Waals surface area contributed by atoms with Crippen LogP contribution >= 0.6 is 12.3 Å². The Hall–Kier alpha value is 0.176. The molecule has 0 N–H and O–H groups in total. The van der Waals surface area contributed by atoms with Crippen LogP contribution < -0.4 is 60.3 Å². The molecule has 0 spiro atoms. The average Bonchev–Trinajstić information content (AvgIpc) is 2.29. The van der Waals surface area contributed by atoms with Crippen molar-refractivity contribution in [2.24, 2.45) is 0 Å². The van der Waals surface area contributed by atoms with Crippen molar-refractivity contribution in [3.63, 3.8) is 0 Å². The summed E-state index contributed by atoms with van der Waals surface area (Å²) in [5.74, 6) is 0.974. The van der Waals surface area contributed by atoms with E-state index in [4.69, 9.17) is 8.92 Å². The van der Waals surface area contributed by atoms with E-state index in [1.165, 1.54) is 13.2 Å². The second-order valence-electron chi connectivity index (χ2n) is 3.00. The molecular formula is C11H11KO4S. The van der Waals surface area contributed by atoms with Crippen LogP contribution in [0.2, 0.25) is 0 Å². The third-order valence-corrected chi connectivity index (χ3v) is 2.31. The van der Waals surface area contributed by atoms with E-state index in [2.05, 4.69) is 0 Å². The molecule has 0 unspecified atom stereocenters. The molecule has 1 aromatic rings. The van der Waals surface area contributed by atoms with Gasteiger partial charge in [0.15, 0.2) is 0 Å². The minimum atomic E-state index is 0. The van der Waals surface area contributed by atoms with Crippen molar-refractivity contribution < 1.29 is 69.7 Å². The molecule has 0 saturated carbocycles. The number of methoxy groups -OCH3 is 1. The minimum absolute atomic E-state index is 0. The number of hydrogen-bond acceptors (Lipinski definition) is 5. The zero-order chi connectivity index (χ0) is 12.0. The van der Waals surface area contributed by atoms with Crippen molar-refractivity contribution in [1.29, 1.82) is 0 Å². The fourth-order valence-corrected chi connectivity index (χ4v) is 1.46. The summed E-state index contributed by atoms with van der Waals surface area (Å²) in [5, 5.41) is 0.